The Balaban J connectivity index is 1.49. The number of carbonyl (C=O) groups excluding carboxylic acids is 3. The van der Waals surface area contributed by atoms with E-state index < -0.39 is 5.97 Å². The first kappa shape index (κ1) is 21.6. The minimum Gasteiger partial charge on any atom is -0.465 e. The molecule has 3 aromatic carbocycles. The number of nitrogens with one attached hydrogen (secondary N) is 1. The lowest BCUT2D eigenvalue weighted by Crippen LogP contribution is -2.27. The van der Waals surface area contributed by atoms with Crippen molar-refractivity contribution in [3.8, 4) is 0 Å². The lowest BCUT2D eigenvalue weighted by Gasteiger charge is -2.24. The number of nitrogens with zero attached hydrogens (tertiary/aromatic N) is 1. The number of thioether (sulfide) groups is 1. The van der Waals surface area contributed by atoms with Crippen LogP contribution in [0.15, 0.2) is 78.9 Å². The summed E-state index contributed by atoms with van der Waals surface area (Å²) in [7, 11) is 1.30. The van der Waals surface area contributed by atoms with Crippen LogP contribution < -0.4 is 5.32 Å². The van der Waals surface area contributed by atoms with Crippen LogP contribution >= 0.6 is 11.8 Å². The number of para-hydroxylation sites is 1. The Morgan fingerprint density at radius 2 is 1.69 bits per heavy atom. The summed E-state index contributed by atoms with van der Waals surface area (Å²) < 4.78 is 4.77. The molecule has 4 rings (SSSR count). The second-order valence-electron chi connectivity index (χ2n) is 7.28. The Hall–Kier alpha value is -3.58. The van der Waals surface area contributed by atoms with Crippen molar-refractivity contribution in [2.75, 3.05) is 18.2 Å². The molecular weight excluding hydrogens is 424 g/mol. The van der Waals surface area contributed by atoms with E-state index >= 15 is 0 Å². The Morgan fingerprint density at radius 1 is 1.00 bits per heavy atom. The number of carbonyl (C=O) groups is 3. The van der Waals surface area contributed by atoms with Gasteiger partial charge >= 0.3 is 5.97 Å². The van der Waals surface area contributed by atoms with Gasteiger partial charge in [-0.2, -0.15) is 0 Å². The molecule has 1 atom stereocenters. The number of hydrogen-bond acceptors (Lipinski definition) is 5. The lowest BCUT2D eigenvalue weighted by atomic mass is 10.1. The molecule has 1 N–H and O–H groups in total. The molecule has 0 saturated carbocycles. The predicted molar refractivity (Wildman–Crippen MR) is 124 cm³/mol. The molecule has 1 saturated heterocycles. The third-order valence-electron chi connectivity index (χ3n) is 5.20. The first-order valence-electron chi connectivity index (χ1n) is 10.1. The van der Waals surface area contributed by atoms with E-state index in [1.165, 1.54) is 7.11 Å². The second kappa shape index (κ2) is 9.70. The van der Waals surface area contributed by atoms with Gasteiger partial charge in [0.15, 0.2) is 0 Å². The fraction of sp³-hybridized carbons (Fsp3) is 0.160. The Kier molecular flexibility index (Phi) is 6.56. The van der Waals surface area contributed by atoms with E-state index in [1.807, 2.05) is 47.4 Å². The molecule has 0 radical (unpaired) electrons. The fourth-order valence-electron chi connectivity index (χ4n) is 3.55. The average molecular weight is 447 g/mol. The largest absolute Gasteiger partial charge is 0.465 e. The number of methoxy groups -OCH3 is 1. The third kappa shape index (κ3) is 4.68. The molecule has 0 spiro atoms. The van der Waals surface area contributed by atoms with Crippen molar-refractivity contribution in [3.05, 3.63) is 101 Å². The van der Waals surface area contributed by atoms with E-state index in [4.69, 9.17) is 4.74 Å². The van der Waals surface area contributed by atoms with E-state index in [1.54, 1.807) is 48.2 Å². The summed E-state index contributed by atoms with van der Waals surface area (Å²) in [6, 6.07) is 23.8. The summed E-state index contributed by atoms with van der Waals surface area (Å²) in [5.41, 5.74) is 3.17. The number of esters is 1. The van der Waals surface area contributed by atoms with Gasteiger partial charge in [0, 0.05) is 12.1 Å². The standard InChI is InChI=1S/C25H22N2O4S/c1-31-25(30)20-9-5-6-10-21(20)26-23(29)18-11-13-19(14-12-18)24-27(22(28)16-32-24)15-17-7-3-2-4-8-17/h2-14,24H,15-16H2,1H3,(H,26,29)/t24-/m1/s1. The maximum atomic E-state index is 12.7. The van der Waals surface area contributed by atoms with Gasteiger partial charge in [0.2, 0.25) is 5.91 Å². The van der Waals surface area contributed by atoms with Crippen LogP contribution in [-0.4, -0.2) is 35.5 Å². The monoisotopic (exact) mass is 446 g/mol. The van der Waals surface area contributed by atoms with Crippen molar-refractivity contribution >= 4 is 35.2 Å². The summed E-state index contributed by atoms with van der Waals surface area (Å²) in [6.45, 7) is 0.546. The predicted octanol–water partition coefficient (Wildman–Crippen LogP) is 4.50. The minimum atomic E-state index is -0.516. The molecule has 0 aromatic heterocycles. The highest BCUT2D eigenvalue weighted by Crippen LogP contribution is 2.39. The molecule has 0 unspecified atom stereocenters. The summed E-state index contributed by atoms with van der Waals surface area (Å²) in [5.74, 6) is -0.309. The van der Waals surface area contributed by atoms with Gasteiger partial charge in [0.05, 0.1) is 24.1 Å². The highest BCUT2D eigenvalue weighted by atomic mass is 32.2. The molecule has 3 aromatic rings. The van der Waals surface area contributed by atoms with Gasteiger partial charge in [0.1, 0.15) is 5.37 Å². The zero-order valence-electron chi connectivity index (χ0n) is 17.5. The molecule has 1 heterocycles. The summed E-state index contributed by atoms with van der Waals surface area (Å²) in [5, 5.41) is 2.67. The average Bonchev–Trinajstić information content (AvgIpc) is 3.19. The number of benzene rings is 3. The Bertz CT molecular complexity index is 1130. The van der Waals surface area contributed by atoms with Crippen LogP contribution in [0.2, 0.25) is 0 Å². The molecular formula is C25H22N2O4S. The van der Waals surface area contributed by atoms with Gasteiger partial charge < -0.3 is 15.0 Å². The molecule has 7 heteroatoms. The van der Waals surface area contributed by atoms with Crippen molar-refractivity contribution in [1.82, 2.24) is 4.90 Å². The first-order chi connectivity index (χ1) is 15.6. The van der Waals surface area contributed by atoms with Crippen LogP contribution in [0, 0.1) is 0 Å². The van der Waals surface area contributed by atoms with Gasteiger partial charge in [-0.15, -0.1) is 11.8 Å². The zero-order valence-corrected chi connectivity index (χ0v) is 18.3. The van der Waals surface area contributed by atoms with Gasteiger partial charge in [-0.3, -0.25) is 9.59 Å². The zero-order chi connectivity index (χ0) is 22.5. The molecule has 162 valence electrons. The number of rotatable bonds is 6. The maximum absolute atomic E-state index is 12.7. The van der Waals surface area contributed by atoms with Crippen molar-refractivity contribution < 1.29 is 19.1 Å². The quantitative estimate of drug-likeness (QED) is 0.565. The van der Waals surface area contributed by atoms with Crippen LogP contribution in [-0.2, 0) is 16.1 Å². The normalized spacial score (nSPS) is 15.5. The van der Waals surface area contributed by atoms with Crippen molar-refractivity contribution in [2.45, 2.75) is 11.9 Å². The molecule has 1 aliphatic heterocycles. The van der Waals surface area contributed by atoms with Crippen LogP contribution in [0.4, 0.5) is 5.69 Å². The number of hydrogen-bond donors (Lipinski definition) is 1. The van der Waals surface area contributed by atoms with Gasteiger partial charge in [-0.25, -0.2) is 4.79 Å². The van der Waals surface area contributed by atoms with E-state index in [0.717, 1.165) is 11.1 Å². The van der Waals surface area contributed by atoms with E-state index in [-0.39, 0.29) is 22.8 Å². The Morgan fingerprint density at radius 3 is 2.41 bits per heavy atom. The second-order valence-corrected chi connectivity index (χ2v) is 8.35. The first-order valence-corrected chi connectivity index (χ1v) is 11.2. The molecule has 6 nitrogen and oxygen atoms in total. The number of anilines is 1. The van der Waals surface area contributed by atoms with Gasteiger partial charge in [-0.1, -0.05) is 54.6 Å². The van der Waals surface area contributed by atoms with E-state index in [0.29, 0.717) is 23.5 Å². The molecule has 0 bridgehead atoms. The van der Waals surface area contributed by atoms with Crippen molar-refractivity contribution in [1.29, 1.82) is 0 Å². The van der Waals surface area contributed by atoms with Gasteiger partial charge in [0.25, 0.3) is 5.91 Å². The van der Waals surface area contributed by atoms with Crippen LogP contribution in [0.3, 0.4) is 0 Å². The van der Waals surface area contributed by atoms with Gasteiger partial charge in [-0.05, 0) is 35.4 Å². The third-order valence-corrected chi connectivity index (χ3v) is 6.46. The minimum absolute atomic E-state index is 0.0973. The van der Waals surface area contributed by atoms with Crippen LogP contribution in [0.25, 0.3) is 0 Å². The van der Waals surface area contributed by atoms with Crippen LogP contribution in [0.1, 0.15) is 37.2 Å². The molecule has 32 heavy (non-hydrogen) atoms. The number of ether oxygens (including phenoxy) is 1. The maximum Gasteiger partial charge on any atom is 0.339 e. The summed E-state index contributed by atoms with van der Waals surface area (Å²) >= 11 is 1.58. The molecule has 2 amide bonds. The molecule has 1 aliphatic rings. The smallest absolute Gasteiger partial charge is 0.339 e. The van der Waals surface area contributed by atoms with E-state index in [9.17, 15) is 14.4 Å². The summed E-state index contributed by atoms with van der Waals surface area (Å²) in [6.07, 6.45) is 0. The van der Waals surface area contributed by atoms with E-state index in [2.05, 4.69) is 5.32 Å². The fourth-order valence-corrected chi connectivity index (χ4v) is 4.74. The number of amides is 2. The molecule has 0 aliphatic carbocycles. The summed E-state index contributed by atoms with van der Waals surface area (Å²) in [4.78, 5) is 39.0. The Labute approximate surface area is 190 Å². The highest BCUT2D eigenvalue weighted by Gasteiger charge is 2.32. The van der Waals surface area contributed by atoms with Crippen LogP contribution in [0.5, 0.6) is 0 Å². The molecule has 1 fully saturated rings. The highest BCUT2D eigenvalue weighted by molar-refractivity contribution is 8.00. The van der Waals surface area contributed by atoms with Crippen molar-refractivity contribution in [2.24, 2.45) is 0 Å². The SMILES string of the molecule is COC(=O)c1ccccc1NC(=O)c1ccc([C@H]2SCC(=O)N2Cc2ccccc2)cc1. The topological polar surface area (TPSA) is 75.7 Å². The lowest BCUT2D eigenvalue weighted by molar-refractivity contribution is -0.128. The van der Waals surface area contributed by atoms with Crippen molar-refractivity contribution in [3.63, 3.8) is 0 Å².